The van der Waals surface area contributed by atoms with Crippen LogP contribution in [0.4, 0.5) is 12.9 Å². The largest absolute Gasteiger partial charge is 1.00 e. The molecule has 0 N–H and O–H groups in total. The van der Waals surface area contributed by atoms with Crippen LogP contribution in [0, 0.1) is 0 Å². The molecule has 0 aliphatic heterocycles. The van der Waals surface area contributed by atoms with Crippen LogP contribution < -0.4 is 51.4 Å². The Labute approximate surface area is 130 Å². The molecule has 0 aromatic carbocycles. The van der Waals surface area contributed by atoms with Gasteiger partial charge in [-0.05, 0) is 13.5 Å². The minimum Gasteiger partial charge on any atom is -0.448 e. The van der Waals surface area contributed by atoms with Gasteiger partial charge in [-0.1, -0.05) is 0 Å². The van der Waals surface area contributed by atoms with Gasteiger partial charge >= 0.3 is 58.4 Å². The summed E-state index contributed by atoms with van der Waals surface area (Å²) in [4.78, 5) is 5.16. The van der Waals surface area contributed by atoms with E-state index in [1.807, 2.05) is 0 Å². The van der Waals surface area contributed by atoms with E-state index in [-0.39, 0.29) is 57.9 Å². The van der Waals surface area contributed by atoms with Crippen molar-refractivity contribution in [2.75, 3.05) is 13.5 Å². The van der Waals surface area contributed by atoms with Gasteiger partial charge in [-0.15, -0.1) is 0 Å². The first-order valence-electron chi connectivity index (χ1n) is 4.24. The summed E-state index contributed by atoms with van der Waals surface area (Å²) in [5.41, 5.74) is 0. The van der Waals surface area contributed by atoms with Gasteiger partial charge in [0, 0.05) is 19.4 Å². The molecule has 0 fully saturated rings. The molecule has 0 aliphatic rings. The van der Waals surface area contributed by atoms with Crippen LogP contribution in [0.2, 0.25) is 0 Å². The zero-order chi connectivity index (χ0) is 10.8. The molecule has 80 valence electrons. The zero-order valence-electron chi connectivity index (χ0n) is 9.12. The standard InChI is InChI=1S/C7H12BF3N3.K/c1-13(6-8(9,10)11)5-7-12-3-4-14(7)2;/h3-4H,5-6H2,1-2H3;/q-1;+1. The molecule has 1 aromatic rings. The molecular weight excluding hydrogens is 233 g/mol. The molecular formula is C7H12BF3KN3. The summed E-state index contributed by atoms with van der Waals surface area (Å²) >= 11 is 0. The minimum atomic E-state index is -4.75. The van der Waals surface area contributed by atoms with Crippen LogP contribution in [0.25, 0.3) is 0 Å². The fourth-order valence-electron chi connectivity index (χ4n) is 1.21. The van der Waals surface area contributed by atoms with Gasteiger partial charge in [0.2, 0.25) is 0 Å². The van der Waals surface area contributed by atoms with E-state index in [2.05, 4.69) is 4.98 Å². The van der Waals surface area contributed by atoms with Gasteiger partial charge in [-0.3, -0.25) is 0 Å². The van der Waals surface area contributed by atoms with Gasteiger partial charge in [0.1, 0.15) is 5.82 Å². The topological polar surface area (TPSA) is 21.1 Å². The molecule has 0 radical (unpaired) electrons. The van der Waals surface area contributed by atoms with Crippen molar-refractivity contribution in [2.45, 2.75) is 6.54 Å². The van der Waals surface area contributed by atoms with E-state index in [1.54, 1.807) is 24.0 Å². The molecule has 0 aliphatic carbocycles. The average molecular weight is 245 g/mol. The van der Waals surface area contributed by atoms with Gasteiger partial charge in [0.15, 0.2) is 0 Å². The average Bonchev–Trinajstić information content (AvgIpc) is 2.32. The fraction of sp³-hybridized carbons (Fsp3) is 0.571. The molecule has 0 spiro atoms. The molecule has 1 rings (SSSR count). The van der Waals surface area contributed by atoms with Crippen LogP contribution >= 0.6 is 0 Å². The summed E-state index contributed by atoms with van der Waals surface area (Å²) in [5.74, 6) is 0.632. The number of hydrogen-bond donors (Lipinski definition) is 0. The Morgan fingerprint density at radius 1 is 1.47 bits per heavy atom. The molecule has 15 heavy (non-hydrogen) atoms. The molecule has 0 saturated heterocycles. The molecule has 0 bridgehead atoms. The van der Waals surface area contributed by atoms with Crippen LogP contribution in [0.1, 0.15) is 5.82 Å². The van der Waals surface area contributed by atoms with Crippen molar-refractivity contribution < 1.29 is 64.3 Å². The van der Waals surface area contributed by atoms with Crippen molar-refractivity contribution >= 4 is 6.98 Å². The SMILES string of the molecule is CN(Cc1nccn1C)C[B-](F)(F)F.[K+]. The van der Waals surface area contributed by atoms with E-state index < -0.39 is 13.4 Å². The second kappa shape index (κ2) is 6.41. The number of aryl methyl sites for hydroxylation is 1. The van der Waals surface area contributed by atoms with Crippen molar-refractivity contribution in [1.29, 1.82) is 0 Å². The Morgan fingerprint density at radius 2 is 2.07 bits per heavy atom. The van der Waals surface area contributed by atoms with Gasteiger partial charge in [-0.2, -0.15) is 0 Å². The van der Waals surface area contributed by atoms with Gasteiger partial charge in [-0.25, -0.2) is 4.98 Å². The van der Waals surface area contributed by atoms with Gasteiger partial charge < -0.3 is 22.4 Å². The van der Waals surface area contributed by atoms with Crippen LogP contribution in [-0.2, 0) is 13.6 Å². The second-order valence-corrected chi connectivity index (χ2v) is 3.36. The third-order valence-electron chi connectivity index (χ3n) is 1.85. The first-order valence-corrected chi connectivity index (χ1v) is 4.24. The van der Waals surface area contributed by atoms with Crippen molar-refractivity contribution in [2.24, 2.45) is 7.05 Å². The summed E-state index contributed by atoms with van der Waals surface area (Å²) in [6.07, 6.45) is 2.43. The molecule has 0 amide bonds. The third kappa shape index (κ3) is 6.08. The summed E-state index contributed by atoms with van der Waals surface area (Å²) in [5, 5.41) is 0. The quantitative estimate of drug-likeness (QED) is 0.586. The molecule has 0 unspecified atom stereocenters. The maximum absolute atomic E-state index is 12.0. The van der Waals surface area contributed by atoms with E-state index in [9.17, 15) is 12.9 Å². The summed E-state index contributed by atoms with van der Waals surface area (Å²) < 4.78 is 37.8. The Kier molecular flexibility index (Phi) is 6.69. The summed E-state index contributed by atoms with van der Waals surface area (Å²) in [7, 11) is 3.19. The molecule has 8 heteroatoms. The Balaban J connectivity index is 0.00000196. The first-order chi connectivity index (χ1) is 6.38. The van der Waals surface area contributed by atoms with Crippen molar-refractivity contribution in [3.63, 3.8) is 0 Å². The van der Waals surface area contributed by atoms with E-state index in [4.69, 9.17) is 0 Å². The number of halogens is 3. The van der Waals surface area contributed by atoms with Crippen LogP contribution in [0.3, 0.4) is 0 Å². The summed E-state index contributed by atoms with van der Waals surface area (Å²) in [6.45, 7) is -4.54. The normalized spacial score (nSPS) is 11.6. The van der Waals surface area contributed by atoms with E-state index in [0.29, 0.717) is 5.82 Å². The summed E-state index contributed by atoms with van der Waals surface area (Å²) in [6, 6.07) is 0. The minimum absolute atomic E-state index is 0. The Bertz CT molecular complexity index is 302. The maximum atomic E-state index is 12.0. The second-order valence-electron chi connectivity index (χ2n) is 3.36. The first kappa shape index (κ1) is 15.7. The predicted octanol–water partition coefficient (Wildman–Crippen LogP) is -1.76. The fourth-order valence-corrected chi connectivity index (χ4v) is 1.21. The maximum Gasteiger partial charge on any atom is 1.00 e. The van der Waals surface area contributed by atoms with Crippen molar-refractivity contribution in [1.82, 2.24) is 14.5 Å². The molecule has 0 saturated carbocycles. The molecule has 1 aromatic heterocycles. The number of rotatable bonds is 4. The van der Waals surface area contributed by atoms with Crippen LogP contribution in [0.15, 0.2) is 12.4 Å². The Hall–Kier alpha value is 0.661. The molecule has 1 heterocycles. The number of aromatic nitrogens is 2. The third-order valence-corrected chi connectivity index (χ3v) is 1.85. The number of nitrogens with zero attached hydrogens (tertiary/aromatic N) is 3. The van der Waals surface area contributed by atoms with Crippen LogP contribution in [-0.4, -0.2) is 34.9 Å². The Morgan fingerprint density at radius 3 is 2.47 bits per heavy atom. The smallest absolute Gasteiger partial charge is 0.448 e. The monoisotopic (exact) mass is 245 g/mol. The number of hydrogen-bond acceptors (Lipinski definition) is 2. The zero-order valence-corrected chi connectivity index (χ0v) is 12.2. The van der Waals surface area contributed by atoms with E-state index in [1.165, 1.54) is 11.9 Å². The van der Waals surface area contributed by atoms with Gasteiger partial charge in [0.25, 0.3) is 0 Å². The van der Waals surface area contributed by atoms with E-state index >= 15 is 0 Å². The van der Waals surface area contributed by atoms with Crippen molar-refractivity contribution in [3.8, 4) is 0 Å². The number of imidazole rings is 1. The molecule has 3 nitrogen and oxygen atoms in total. The van der Waals surface area contributed by atoms with Gasteiger partial charge in [0.05, 0.1) is 6.54 Å². The van der Waals surface area contributed by atoms with E-state index in [0.717, 1.165) is 0 Å². The molecule has 0 atom stereocenters. The van der Waals surface area contributed by atoms with Crippen molar-refractivity contribution in [3.05, 3.63) is 18.2 Å². The van der Waals surface area contributed by atoms with Crippen LogP contribution in [0.5, 0.6) is 0 Å². The predicted molar refractivity (Wildman–Crippen MR) is 48.6 cm³/mol.